The molecule has 1 rings (SSSR count). The van der Waals surface area contributed by atoms with E-state index in [-0.39, 0.29) is 5.91 Å². The first-order valence-corrected chi connectivity index (χ1v) is 6.48. The Balaban J connectivity index is 2.57. The molecular weight excluding hydrogens is 224 g/mol. The van der Waals surface area contributed by atoms with Crippen molar-refractivity contribution in [3.8, 4) is 0 Å². The number of carbonyl (C=O) groups is 1. The predicted octanol–water partition coefficient (Wildman–Crippen LogP) is 2.84. The summed E-state index contributed by atoms with van der Waals surface area (Å²) in [6.07, 6.45) is 0.551. The summed E-state index contributed by atoms with van der Waals surface area (Å²) in [5.41, 5.74) is 2.15. The second-order valence-electron chi connectivity index (χ2n) is 6.09. The molecule has 1 aromatic carbocycles. The lowest BCUT2D eigenvalue weighted by Crippen LogP contribution is -2.37. The maximum atomic E-state index is 11.8. The molecule has 0 aliphatic rings. The van der Waals surface area contributed by atoms with E-state index in [0.29, 0.717) is 12.3 Å². The minimum absolute atomic E-state index is 0.0870. The smallest absolute Gasteiger partial charge is 0.230 e. The highest BCUT2D eigenvalue weighted by molar-refractivity contribution is 5.90. The number of rotatable bonds is 5. The molecule has 1 N–H and O–H groups in total. The Morgan fingerprint density at radius 3 is 2.50 bits per heavy atom. The number of nitrogens with one attached hydrogen (secondary N) is 1. The Hall–Kier alpha value is -1.35. The monoisotopic (exact) mass is 249 g/mol. The van der Waals surface area contributed by atoms with Crippen LogP contribution < -0.4 is 5.32 Å². The molecule has 3 heteroatoms. The molecule has 1 aromatic rings. The lowest BCUT2D eigenvalue weighted by atomic mass is 10.0. The summed E-state index contributed by atoms with van der Waals surface area (Å²) < 4.78 is 0.805. The minimum Gasteiger partial charge on any atom is -0.330 e. The van der Waals surface area contributed by atoms with Gasteiger partial charge in [0.1, 0.15) is 0 Å². The van der Waals surface area contributed by atoms with E-state index in [9.17, 15) is 4.79 Å². The average Bonchev–Trinajstić information content (AvgIpc) is 2.26. The third-order valence-corrected chi connectivity index (χ3v) is 2.85. The lowest BCUT2D eigenvalue weighted by molar-refractivity contribution is -0.869. The van der Waals surface area contributed by atoms with Crippen molar-refractivity contribution >= 4 is 11.6 Å². The highest BCUT2D eigenvalue weighted by Gasteiger charge is 2.11. The normalized spacial score (nSPS) is 11.7. The van der Waals surface area contributed by atoms with Crippen LogP contribution in [0.15, 0.2) is 24.3 Å². The van der Waals surface area contributed by atoms with Gasteiger partial charge < -0.3 is 9.80 Å². The summed E-state index contributed by atoms with van der Waals surface area (Å²) >= 11 is 0. The van der Waals surface area contributed by atoms with Gasteiger partial charge >= 0.3 is 0 Å². The van der Waals surface area contributed by atoms with E-state index in [2.05, 4.69) is 52.4 Å². The van der Waals surface area contributed by atoms with Crippen molar-refractivity contribution in [2.75, 3.05) is 33.0 Å². The van der Waals surface area contributed by atoms with Gasteiger partial charge in [-0.15, -0.1) is 0 Å². The van der Waals surface area contributed by atoms with E-state index in [1.165, 1.54) is 5.56 Å². The highest BCUT2D eigenvalue weighted by atomic mass is 16.1. The summed E-state index contributed by atoms with van der Waals surface area (Å²) in [5, 5.41) is 2.96. The SMILES string of the molecule is CC(C)c1cccc(NC(=O)CC[N+](C)(C)C)c1. The first-order chi connectivity index (χ1) is 8.28. The third kappa shape index (κ3) is 5.32. The molecule has 100 valence electrons. The molecule has 0 heterocycles. The van der Waals surface area contributed by atoms with Gasteiger partial charge in [-0.25, -0.2) is 0 Å². The lowest BCUT2D eigenvalue weighted by Gasteiger charge is -2.23. The molecule has 0 saturated heterocycles. The molecule has 0 radical (unpaired) electrons. The number of carbonyl (C=O) groups excluding carboxylic acids is 1. The number of anilines is 1. The summed E-state index contributed by atoms with van der Waals surface area (Å²) in [4.78, 5) is 11.8. The van der Waals surface area contributed by atoms with Gasteiger partial charge in [0.15, 0.2) is 0 Å². The Labute approximate surface area is 110 Å². The molecule has 0 aliphatic carbocycles. The van der Waals surface area contributed by atoms with Crippen LogP contribution in [-0.4, -0.2) is 38.1 Å². The fourth-order valence-electron chi connectivity index (χ4n) is 1.64. The standard InChI is InChI=1S/C15H24N2O/c1-12(2)13-7-6-8-14(11-13)16-15(18)9-10-17(3,4)5/h6-8,11-12H,9-10H2,1-5H3/p+1. The first-order valence-electron chi connectivity index (χ1n) is 6.48. The fourth-order valence-corrected chi connectivity index (χ4v) is 1.64. The number of hydrogen-bond donors (Lipinski definition) is 1. The van der Waals surface area contributed by atoms with E-state index in [4.69, 9.17) is 0 Å². The van der Waals surface area contributed by atoms with Gasteiger partial charge in [0.2, 0.25) is 5.91 Å². The van der Waals surface area contributed by atoms with Crippen LogP contribution in [0.5, 0.6) is 0 Å². The van der Waals surface area contributed by atoms with E-state index >= 15 is 0 Å². The van der Waals surface area contributed by atoms with Crippen LogP contribution >= 0.6 is 0 Å². The van der Waals surface area contributed by atoms with Gasteiger partial charge in [0.25, 0.3) is 0 Å². The molecular formula is C15H25N2O+. The van der Waals surface area contributed by atoms with Gasteiger partial charge in [-0.2, -0.15) is 0 Å². The van der Waals surface area contributed by atoms with Crippen LogP contribution in [0.1, 0.15) is 31.7 Å². The number of quaternary nitrogens is 1. The van der Waals surface area contributed by atoms with Crippen LogP contribution in [0.25, 0.3) is 0 Å². The van der Waals surface area contributed by atoms with Crippen molar-refractivity contribution in [1.82, 2.24) is 0 Å². The third-order valence-electron chi connectivity index (χ3n) is 2.85. The molecule has 0 aromatic heterocycles. The highest BCUT2D eigenvalue weighted by Crippen LogP contribution is 2.18. The number of amides is 1. The molecule has 0 spiro atoms. The summed E-state index contributed by atoms with van der Waals surface area (Å²) in [7, 11) is 6.27. The zero-order valence-corrected chi connectivity index (χ0v) is 12.2. The van der Waals surface area contributed by atoms with Crippen molar-refractivity contribution in [3.63, 3.8) is 0 Å². The van der Waals surface area contributed by atoms with Crippen molar-refractivity contribution in [3.05, 3.63) is 29.8 Å². The Morgan fingerprint density at radius 1 is 1.28 bits per heavy atom. The molecule has 3 nitrogen and oxygen atoms in total. The van der Waals surface area contributed by atoms with E-state index in [0.717, 1.165) is 16.7 Å². The zero-order valence-electron chi connectivity index (χ0n) is 12.2. The van der Waals surface area contributed by atoms with Crippen molar-refractivity contribution in [2.24, 2.45) is 0 Å². The second kappa shape index (κ2) is 6.01. The van der Waals surface area contributed by atoms with Crippen LogP contribution in [0.3, 0.4) is 0 Å². The minimum atomic E-state index is 0.0870. The molecule has 0 atom stereocenters. The first kappa shape index (κ1) is 14.7. The average molecular weight is 249 g/mol. The van der Waals surface area contributed by atoms with Crippen LogP contribution in [0.2, 0.25) is 0 Å². The Bertz CT molecular complexity index is 405. The number of hydrogen-bond acceptors (Lipinski definition) is 1. The fraction of sp³-hybridized carbons (Fsp3) is 0.533. The quantitative estimate of drug-likeness (QED) is 0.799. The van der Waals surface area contributed by atoms with Gasteiger partial charge in [-0.05, 0) is 23.6 Å². The summed E-state index contributed by atoms with van der Waals surface area (Å²) in [6.45, 7) is 5.14. The predicted molar refractivity (Wildman–Crippen MR) is 76.7 cm³/mol. The number of benzene rings is 1. The van der Waals surface area contributed by atoms with Crippen LogP contribution in [-0.2, 0) is 4.79 Å². The Kier molecular flexibility index (Phi) is 4.91. The molecule has 0 aliphatic heterocycles. The van der Waals surface area contributed by atoms with Crippen molar-refractivity contribution < 1.29 is 9.28 Å². The van der Waals surface area contributed by atoms with Gasteiger partial charge in [0.05, 0.1) is 34.1 Å². The molecule has 0 unspecified atom stereocenters. The second-order valence-corrected chi connectivity index (χ2v) is 6.09. The number of nitrogens with zero attached hydrogens (tertiary/aromatic N) is 1. The van der Waals surface area contributed by atoms with Crippen molar-refractivity contribution in [2.45, 2.75) is 26.2 Å². The summed E-state index contributed by atoms with van der Waals surface area (Å²) in [5.74, 6) is 0.567. The zero-order chi connectivity index (χ0) is 13.8. The topological polar surface area (TPSA) is 29.1 Å². The molecule has 0 bridgehead atoms. The van der Waals surface area contributed by atoms with Crippen molar-refractivity contribution in [1.29, 1.82) is 0 Å². The summed E-state index contributed by atoms with van der Waals surface area (Å²) in [6, 6.07) is 8.07. The largest absolute Gasteiger partial charge is 0.330 e. The maximum absolute atomic E-state index is 11.8. The van der Waals surface area contributed by atoms with E-state index in [1.54, 1.807) is 0 Å². The Morgan fingerprint density at radius 2 is 1.94 bits per heavy atom. The van der Waals surface area contributed by atoms with Crippen LogP contribution in [0.4, 0.5) is 5.69 Å². The molecule has 18 heavy (non-hydrogen) atoms. The molecule has 1 amide bonds. The van der Waals surface area contributed by atoms with E-state index < -0.39 is 0 Å². The van der Waals surface area contributed by atoms with Gasteiger partial charge in [-0.1, -0.05) is 26.0 Å². The van der Waals surface area contributed by atoms with Gasteiger partial charge in [-0.3, -0.25) is 4.79 Å². The van der Waals surface area contributed by atoms with Gasteiger partial charge in [0, 0.05) is 5.69 Å². The molecule has 0 saturated carbocycles. The van der Waals surface area contributed by atoms with Crippen LogP contribution in [0, 0.1) is 0 Å². The van der Waals surface area contributed by atoms with E-state index in [1.807, 2.05) is 12.1 Å². The molecule has 0 fully saturated rings. The maximum Gasteiger partial charge on any atom is 0.230 e.